The van der Waals surface area contributed by atoms with Gasteiger partial charge in [-0.1, -0.05) is 18.2 Å². The third kappa shape index (κ3) is 2.51. The molecule has 0 amide bonds. The van der Waals surface area contributed by atoms with Crippen LogP contribution < -0.4 is 4.31 Å². The Morgan fingerprint density at radius 2 is 1.86 bits per heavy atom. The molecule has 2 aliphatic heterocycles. The van der Waals surface area contributed by atoms with E-state index in [9.17, 15) is 18.3 Å². The van der Waals surface area contributed by atoms with Gasteiger partial charge in [-0.25, -0.2) is 0 Å². The van der Waals surface area contributed by atoms with Gasteiger partial charge in [-0.15, -0.1) is 0 Å². The summed E-state index contributed by atoms with van der Waals surface area (Å²) in [7, 11) is -3.64. The van der Waals surface area contributed by atoms with Gasteiger partial charge in [0, 0.05) is 19.6 Å². The Morgan fingerprint density at radius 1 is 1.19 bits per heavy atom. The second kappa shape index (κ2) is 5.31. The summed E-state index contributed by atoms with van der Waals surface area (Å²) in [5, 5.41) is 9.28. The molecule has 21 heavy (non-hydrogen) atoms. The quantitative estimate of drug-likeness (QED) is 0.906. The summed E-state index contributed by atoms with van der Waals surface area (Å²) in [6.45, 7) is 1.03. The number of anilines is 1. The molecule has 2 aliphatic rings. The molecule has 1 saturated heterocycles. The third-order valence-corrected chi connectivity index (χ3v) is 6.05. The molecule has 1 aromatic rings. The van der Waals surface area contributed by atoms with Crippen LogP contribution in [0.4, 0.5) is 5.69 Å². The van der Waals surface area contributed by atoms with Crippen molar-refractivity contribution in [2.45, 2.75) is 19.3 Å². The lowest BCUT2D eigenvalue weighted by molar-refractivity contribution is -0.141. The fourth-order valence-electron chi connectivity index (χ4n) is 3.00. The van der Waals surface area contributed by atoms with Gasteiger partial charge in [-0.2, -0.15) is 12.7 Å². The highest BCUT2D eigenvalue weighted by Crippen LogP contribution is 2.33. The molecule has 0 saturated carbocycles. The average molecular weight is 310 g/mol. The molecular formula is C14H18N2O4S. The van der Waals surface area contributed by atoms with Crippen LogP contribution in [0.3, 0.4) is 0 Å². The first-order valence-electron chi connectivity index (χ1n) is 7.08. The van der Waals surface area contributed by atoms with E-state index in [1.165, 1.54) is 8.61 Å². The molecule has 3 rings (SSSR count). The number of hydrogen-bond donors (Lipinski definition) is 1. The summed E-state index contributed by atoms with van der Waals surface area (Å²) in [6.07, 6.45) is 2.09. The lowest BCUT2D eigenvalue weighted by atomic mass is 9.94. The summed E-state index contributed by atoms with van der Waals surface area (Å²) in [4.78, 5) is 11.3. The average Bonchev–Trinajstić information content (AvgIpc) is 3.00. The Hall–Kier alpha value is -1.60. The minimum atomic E-state index is -3.64. The predicted molar refractivity (Wildman–Crippen MR) is 78.3 cm³/mol. The zero-order chi connectivity index (χ0) is 15.0. The summed E-state index contributed by atoms with van der Waals surface area (Å²) >= 11 is 0. The van der Waals surface area contributed by atoms with Crippen molar-refractivity contribution in [3.8, 4) is 0 Å². The molecule has 1 aromatic carbocycles. The number of hydrogen-bond acceptors (Lipinski definition) is 3. The van der Waals surface area contributed by atoms with Gasteiger partial charge in [0.15, 0.2) is 0 Å². The van der Waals surface area contributed by atoms with Gasteiger partial charge >= 0.3 is 16.2 Å². The molecule has 0 aromatic heterocycles. The number of para-hydroxylation sites is 1. The number of fused-ring (bicyclic) bond motifs is 1. The highest BCUT2D eigenvalue weighted by molar-refractivity contribution is 7.90. The second-order valence-electron chi connectivity index (χ2n) is 5.51. The SMILES string of the molecule is O=C(O)C1Cc2ccccc2N(S(=O)(=O)N2CCCC2)C1. The van der Waals surface area contributed by atoms with Crippen LogP contribution in [0.15, 0.2) is 24.3 Å². The summed E-state index contributed by atoms with van der Waals surface area (Å²) in [6, 6.07) is 7.15. The summed E-state index contributed by atoms with van der Waals surface area (Å²) < 4.78 is 28.3. The molecular weight excluding hydrogens is 292 g/mol. The van der Waals surface area contributed by atoms with Gasteiger partial charge in [-0.3, -0.25) is 9.10 Å². The maximum Gasteiger partial charge on any atom is 0.308 e. The predicted octanol–water partition coefficient (Wildman–Crippen LogP) is 1.09. The monoisotopic (exact) mass is 310 g/mol. The van der Waals surface area contributed by atoms with Crippen molar-refractivity contribution in [2.24, 2.45) is 5.92 Å². The van der Waals surface area contributed by atoms with E-state index in [1.807, 2.05) is 6.07 Å². The first-order chi connectivity index (χ1) is 10.00. The standard InChI is InChI=1S/C14H18N2O4S/c17-14(18)12-9-11-5-1-2-6-13(11)16(10-12)21(19,20)15-7-3-4-8-15/h1-2,5-6,12H,3-4,7-10H2,(H,17,18). The van der Waals surface area contributed by atoms with Crippen LogP contribution >= 0.6 is 0 Å². The van der Waals surface area contributed by atoms with E-state index in [4.69, 9.17) is 0 Å². The largest absolute Gasteiger partial charge is 0.481 e. The fourth-order valence-corrected chi connectivity index (χ4v) is 4.79. The lowest BCUT2D eigenvalue weighted by Crippen LogP contribution is -2.48. The van der Waals surface area contributed by atoms with E-state index >= 15 is 0 Å². The molecule has 1 atom stereocenters. The van der Waals surface area contributed by atoms with Crippen molar-refractivity contribution in [3.63, 3.8) is 0 Å². The van der Waals surface area contributed by atoms with E-state index in [0.29, 0.717) is 25.2 Å². The normalized spacial score (nSPS) is 23.0. The molecule has 7 heteroatoms. The van der Waals surface area contributed by atoms with E-state index in [2.05, 4.69) is 0 Å². The third-order valence-electron chi connectivity index (χ3n) is 4.13. The topological polar surface area (TPSA) is 77.9 Å². The maximum absolute atomic E-state index is 12.8. The van der Waals surface area contributed by atoms with Crippen LogP contribution in [0.1, 0.15) is 18.4 Å². The number of rotatable bonds is 3. The van der Waals surface area contributed by atoms with E-state index in [0.717, 1.165) is 18.4 Å². The molecule has 114 valence electrons. The van der Waals surface area contributed by atoms with Gasteiger partial charge in [0.2, 0.25) is 0 Å². The Labute approximate surface area is 124 Å². The smallest absolute Gasteiger partial charge is 0.308 e. The summed E-state index contributed by atoms with van der Waals surface area (Å²) in [5.74, 6) is -1.65. The number of carboxylic acids is 1. The zero-order valence-corrected chi connectivity index (χ0v) is 12.4. The highest BCUT2D eigenvalue weighted by atomic mass is 32.2. The molecule has 1 N–H and O–H groups in total. The van der Waals surface area contributed by atoms with E-state index < -0.39 is 22.1 Å². The lowest BCUT2D eigenvalue weighted by Gasteiger charge is -2.35. The molecule has 1 unspecified atom stereocenters. The van der Waals surface area contributed by atoms with Gasteiger partial charge in [0.25, 0.3) is 0 Å². The molecule has 0 bridgehead atoms. The fraction of sp³-hybridized carbons (Fsp3) is 0.500. The van der Waals surface area contributed by atoms with Crippen LogP contribution in [0.2, 0.25) is 0 Å². The highest BCUT2D eigenvalue weighted by Gasteiger charge is 2.38. The number of carboxylic acid groups (broad SMARTS) is 1. The first-order valence-corrected chi connectivity index (χ1v) is 8.48. The van der Waals surface area contributed by atoms with Gasteiger partial charge in [-0.05, 0) is 30.9 Å². The van der Waals surface area contributed by atoms with Crippen molar-refractivity contribution in [1.29, 1.82) is 0 Å². The van der Waals surface area contributed by atoms with Crippen LogP contribution in [0.5, 0.6) is 0 Å². The number of aliphatic carboxylic acids is 1. The second-order valence-corrected chi connectivity index (χ2v) is 7.37. The van der Waals surface area contributed by atoms with E-state index in [1.54, 1.807) is 18.2 Å². The van der Waals surface area contributed by atoms with Gasteiger partial charge in [0.1, 0.15) is 0 Å². The Kier molecular flexibility index (Phi) is 3.62. The maximum atomic E-state index is 12.8. The van der Waals surface area contributed by atoms with Crippen LogP contribution in [0.25, 0.3) is 0 Å². The number of nitrogens with zero attached hydrogens (tertiary/aromatic N) is 2. The molecule has 0 radical (unpaired) electrons. The molecule has 0 aliphatic carbocycles. The van der Waals surface area contributed by atoms with Gasteiger partial charge < -0.3 is 5.11 Å². The van der Waals surface area contributed by atoms with Crippen molar-refractivity contribution in [2.75, 3.05) is 23.9 Å². The van der Waals surface area contributed by atoms with Crippen molar-refractivity contribution >= 4 is 21.9 Å². The van der Waals surface area contributed by atoms with Crippen molar-refractivity contribution in [1.82, 2.24) is 4.31 Å². The minimum Gasteiger partial charge on any atom is -0.481 e. The van der Waals surface area contributed by atoms with Crippen LogP contribution in [0, 0.1) is 5.92 Å². The van der Waals surface area contributed by atoms with Crippen molar-refractivity contribution < 1.29 is 18.3 Å². The summed E-state index contributed by atoms with van der Waals surface area (Å²) in [5.41, 5.74) is 1.39. The zero-order valence-electron chi connectivity index (χ0n) is 11.6. The van der Waals surface area contributed by atoms with Crippen molar-refractivity contribution in [3.05, 3.63) is 29.8 Å². The van der Waals surface area contributed by atoms with Crippen LogP contribution in [-0.4, -0.2) is 43.4 Å². The Bertz CT molecular complexity index is 653. The Balaban J connectivity index is 2.02. The van der Waals surface area contributed by atoms with Crippen LogP contribution in [-0.2, 0) is 21.4 Å². The minimum absolute atomic E-state index is 0.00514. The van der Waals surface area contributed by atoms with Gasteiger partial charge in [0.05, 0.1) is 11.6 Å². The first kappa shape index (κ1) is 14.3. The van der Waals surface area contributed by atoms with E-state index in [-0.39, 0.29) is 6.54 Å². The molecule has 6 nitrogen and oxygen atoms in total. The molecule has 2 heterocycles. The molecule has 1 fully saturated rings. The number of carbonyl (C=O) groups is 1. The number of benzene rings is 1. The molecule has 0 spiro atoms. The Morgan fingerprint density at radius 3 is 2.52 bits per heavy atom.